The second-order valence-corrected chi connectivity index (χ2v) is 3.84. The first kappa shape index (κ1) is 11.5. The lowest BCUT2D eigenvalue weighted by atomic mass is 9.93. The van der Waals surface area contributed by atoms with Gasteiger partial charge in [0.05, 0.1) is 6.54 Å². The number of likely N-dealkylation sites (N-methyl/N-ethyl adjacent to an activating group) is 1. The molecular weight excluding hydrogens is 180 g/mol. The van der Waals surface area contributed by atoms with Crippen molar-refractivity contribution in [2.75, 3.05) is 26.8 Å². The van der Waals surface area contributed by atoms with Gasteiger partial charge in [-0.15, -0.1) is 0 Å². The Balaban J connectivity index is 2.25. The third-order valence-electron chi connectivity index (χ3n) is 2.70. The lowest BCUT2D eigenvalue weighted by Crippen LogP contribution is -2.43. The summed E-state index contributed by atoms with van der Waals surface area (Å²) in [6, 6.07) is 0.264. The van der Waals surface area contributed by atoms with E-state index in [0.29, 0.717) is 12.5 Å². The summed E-state index contributed by atoms with van der Waals surface area (Å²) in [7, 11) is 1.78. The van der Waals surface area contributed by atoms with Crippen LogP contribution in [-0.4, -0.2) is 38.8 Å². The van der Waals surface area contributed by atoms with Crippen molar-refractivity contribution in [3.63, 3.8) is 0 Å². The van der Waals surface area contributed by atoms with E-state index >= 15 is 0 Å². The Bertz CT molecular complexity index is 179. The maximum Gasteiger partial charge on any atom is 0.234 e. The van der Waals surface area contributed by atoms with E-state index in [1.54, 1.807) is 7.05 Å². The minimum Gasteiger partial charge on any atom is -0.381 e. The van der Waals surface area contributed by atoms with E-state index in [4.69, 9.17) is 4.74 Å². The highest BCUT2D eigenvalue weighted by molar-refractivity contribution is 5.78. The van der Waals surface area contributed by atoms with Crippen LogP contribution < -0.4 is 10.6 Å². The Morgan fingerprint density at radius 2 is 2.14 bits per heavy atom. The second kappa shape index (κ2) is 5.98. The summed E-state index contributed by atoms with van der Waals surface area (Å²) in [5.41, 5.74) is 0. The Labute approximate surface area is 85.4 Å². The molecule has 0 aromatic carbocycles. The van der Waals surface area contributed by atoms with Crippen LogP contribution in [-0.2, 0) is 9.53 Å². The van der Waals surface area contributed by atoms with Gasteiger partial charge in [-0.1, -0.05) is 0 Å². The predicted molar refractivity (Wildman–Crippen MR) is 55.1 cm³/mol. The first-order chi connectivity index (χ1) is 6.74. The SMILES string of the molecule is CNCC(=O)NC(C)C1CCOCC1. The largest absolute Gasteiger partial charge is 0.381 e. The third kappa shape index (κ3) is 3.64. The van der Waals surface area contributed by atoms with Crippen LogP contribution in [0.15, 0.2) is 0 Å². The smallest absolute Gasteiger partial charge is 0.234 e. The van der Waals surface area contributed by atoms with Gasteiger partial charge in [-0.05, 0) is 32.7 Å². The van der Waals surface area contributed by atoms with Gasteiger partial charge in [0, 0.05) is 19.3 Å². The number of amides is 1. The minimum absolute atomic E-state index is 0.0755. The van der Waals surface area contributed by atoms with Crippen molar-refractivity contribution in [3.05, 3.63) is 0 Å². The summed E-state index contributed by atoms with van der Waals surface area (Å²) in [5, 5.41) is 5.83. The van der Waals surface area contributed by atoms with Gasteiger partial charge >= 0.3 is 0 Å². The zero-order valence-corrected chi connectivity index (χ0v) is 9.01. The standard InChI is InChI=1S/C10H20N2O2/c1-8(12-10(13)7-11-2)9-3-5-14-6-4-9/h8-9,11H,3-7H2,1-2H3,(H,12,13). The predicted octanol–water partition coefficient (Wildman–Crippen LogP) is 0.137. The molecule has 1 saturated heterocycles. The summed E-state index contributed by atoms with van der Waals surface area (Å²) in [5.74, 6) is 0.649. The molecule has 1 fully saturated rings. The van der Waals surface area contributed by atoms with E-state index in [0.717, 1.165) is 26.1 Å². The number of rotatable bonds is 4. The van der Waals surface area contributed by atoms with E-state index in [9.17, 15) is 4.79 Å². The Morgan fingerprint density at radius 1 is 1.50 bits per heavy atom. The lowest BCUT2D eigenvalue weighted by Gasteiger charge is -2.28. The maximum absolute atomic E-state index is 11.3. The summed E-state index contributed by atoms with van der Waals surface area (Å²) < 4.78 is 5.28. The van der Waals surface area contributed by atoms with Crippen molar-refractivity contribution in [1.29, 1.82) is 0 Å². The Hall–Kier alpha value is -0.610. The van der Waals surface area contributed by atoms with Crippen molar-refractivity contribution < 1.29 is 9.53 Å². The minimum atomic E-state index is 0.0755. The zero-order valence-electron chi connectivity index (χ0n) is 9.01. The fraction of sp³-hybridized carbons (Fsp3) is 0.900. The highest BCUT2D eigenvalue weighted by Gasteiger charge is 2.21. The van der Waals surface area contributed by atoms with Crippen LogP contribution in [0.4, 0.5) is 0 Å². The molecule has 1 aliphatic heterocycles. The lowest BCUT2D eigenvalue weighted by molar-refractivity contribution is -0.121. The molecule has 0 radical (unpaired) electrons. The van der Waals surface area contributed by atoms with E-state index in [2.05, 4.69) is 17.6 Å². The molecule has 0 spiro atoms. The fourth-order valence-electron chi connectivity index (χ4n) is 1.80. The zero-order chi connectivity index (χ0) is 10.4. The topological polar surface area (TPSA) is 50.4 Å². The highest BCUT2D eigenvalue weighted by Crippen LogP contribution is 2.18. The molecule has 4 heteroatoms. The van der Waals surface area contributed by atoms with Gasteiger partial charge in [0.2, 0.25) is 5.91 Å². The van der Waals surface area contributed by atoms with Crippen molar-refractivity contribution in [2.45, 2.75) is 25.8 Å². The van der Waals surface area contributed by atoms with Crippen LogP contribution in [0.5, 0.6) is 0 Å². The summed E-state index contributed by atoms with van der Waals surface area (Å²) in [4.78, 5) is 11.3. The van der Waals surface area contributed by atoms with Gasteiger partial charge in [-0.2, -0.15) is 0 Å². The normalized spacial score (nSPS) is 20.4. The molecule has 1 unspecified atom stereocenters. The molecule has 1 atom stereocenters. The molecular formula is C10H20N2O2. The number of carbonyl (C=O) groups excluding carboxylic acids is 1. The van der Waals surface area contributed by atoms with Crippen molar-refractivity contribution in [1.82, 2.24) is 10.6 Å². The van der Waals surface area contributed by atoms with E-state index in [-0.39, 0.29) is 11.9 Å². The molecule has 1 heterocycles. The van der Waals surface area contributed by atoms with Gasteiger partial charge in [0.25, 0.3) is 0 Å². The van der Waals surface area contributed by atoms with Crippen LogP contribution in [0.3, 0.4) is 0 Å². The molecule has 1 amide bonds. The molecule has 1 rings (SSSR count). The summed E-state index contributed by atoms with van der Waals surface area (Å²) in [6.45, 7) is 4.13. The van der Waals surface area contributed by atoms with Gasteiger partial charge < -0.3 is 15.4 Å². The van der Waals surface area contributed by atoms with E-state index in [1.165, 1.54) is 0 Å². The molecule has 2 N–H and O–H groups in total. The number of hydrogen-bond acceptors (Lipinski definition) is 3. The molecule has 14 heavy (non-hydrogen) atoms. The number of hydrogen-bond donors (Lipinski definition) is 2. The van der Waals surface area contributed by atoms with Crippen molar-refractivity contribution in [3.8, 4) is 0 Å². The summed E-state index contributed by atoms with van der Waals surface area (Å²) >= 11 is 0. The van der Waals surface area contributed by atoms with Gasteiger partial charge in [-0.25, -0.2) is 0 Å². The number of nitrogens with one attached hydrogen (secondary N) is 2. The summed E-state index contributed by atoms with van der Waals surface area (Å²) in [6.07, 6.45) is 2.11. The molecule has 0 aromatic rings. The van der Waals surface area contributed by atoms with Gasteiger partial charge in [0.15, 0.2) is 0 Å². The maximum atomic E-state index is 11.3. The average Bonchev–Trinajstić information content (AvgIpc) is 2.19. The van der Waals surface area contributed by atoms with Gasteiger partial charge in [-0.3, -0.25) is 4.79 Å². The van der Waals surface area contributed by atoms with Crippen LogP contribution in [0.25, 0.3) is 0 Å². The average molecular weight is 200 g/mol. The van der Waals surface area contributed by atoms with E-state index < -0.39 is 0 Å². The molecule has 82 valence electrons. The monoisotopic (exact) mass is 200 g/mol. The number of ether oxygens (including phenoxy) is 1. The first-order valence-corrected chi connectivity index (χ1v) is 5.25. The van der Waals surface area contributed by atoms with Crippen LogP contribution in [0.2, 0.25) is 0 Å². The fourth-order valence-corrected chi connectivity index (χ4v) is 1.80. The molecule has 4 nitrogen and oxygen atoms in total. The van der Waals surface area contributed by atoms with Crippen molar-refractivity contribution in [2.24, 2.45) is 5.92 Å². The van der Waals surface area contributed by atoms with Crippen LogP contribution in [0, 0.1) is 5.92 Å². The molecule has 0 bridgehead atoms. The first-order valence-electron chi connectivity index (χ1n) is 5.25. The van der Waals surface area contributed by atoms with Crippen LogP contribution in [0.1, 0.15) is 19.8 Å². The molecule has 1 aliphatic rings. The van der Waals surface area contributed by atoms with Gasteiger partial charge in [0.1, 0.15) is 0 Å². The number of carbonyl (C=O) groups is 1. The second-order valence-electron chi connectivity index (χ2n) is 3.84. The van der Waals surface area contributed by atoms with E-state index in [1.807, 2.05) is 0 Å². The van der Waals surface area contributed by atoms with Crippen LogP contribution >= 0.6 is 0 Å². The third-order valence-corrected chi connectivity index (χ3v) is 2.70. The molecule has 0 aromatic heterocycles. The Kier molecular flexibility index (Phi) is 4.90. The molecule has 0 aliphatic carbocycles. The van der Waals surface area contributed by atoms with Crippen molar-refractivity contribution >= 4 is 5.91 Å². The molecule has 0 saturated carbocycles. The quantitative estimate of drug-likeness (QED) is 0.678. The highest BCUT2D eigenvalue weighted by atomic mass is 16.5. The Morgan fingerprint density at radius 3 is 2.71 bits per heavy atom.